The third-order valence-electron chi connectivity index (χ3n) is 2.65. The van der Waals surface area contributed by atoms with Crippen LogP contribution < -0.4 is 10.5 Å². The monoisotopic (exact) mass is 278 g/mol. The van der Waals surface area contributed by atoms with Gasteiger partial charge in [0.05, 0.1) is 6.04 Å². The molecular weight excluding hydrogens is 256 g/mol. The van der Waals surface area contributed by atoms with Crippen LogP contribution in [0.4, 0.5) is 0 Å². The van der Waals surface area contributed by atoms with Crippen LogP contribution in [0.3, 0.4) is 0 Å². The van der Waals surface area contributed by atoms with Crippen LogP contribution in [0.25, 0.3) is 0 Å². The van der Waals surface area contributed by atoms with E-state index in [-0.39, 0.29) is 5.84 Å². The Bertz CT molecular complexity index is 413. The molecule has 0 radical (unpaired) electrons. The number of nitrogens with one attached hydrogen (secondary N) is 1. The van der Waals surface area contributed by atoms with E-state index in [0.29, 0.717) is 13.0 Å². The zero-order valence-electron chi connectivity index (χ0n) is 11.0. The lowest BCUT2D eigenvalue weighted by Gasteiger charge is -2.35. The zero-order chi connectivity index (χ0) is 14.0. The summed E-state index contributed by atoms with van der Waals surface area (Å²) in [5.74, 6) is -0.0611. The van der Waals surface area contributed by atoms with Gasteiger partial charge in [-0.3, -0.25) is 0 Å². The Morgan fingerprint density at radius 1 is 1.44 bits per heavy atom. The highest BCUT2D eigenvalue weighted by Gasteiger charge is 2.36. The quantitative estimate of drug-likeness (QED) is 0.297. The van der Waals surface area contributed by atoms with Crippen LogP contribution >= 0.6 is 0 Å². The van der Waals surface area contributed by atoms with E-state index < -0.39 is 21.8 Å². The van der Waals surface area contributed by atoms with Crippen molar-refractivity contribution in [2.75, 3.05) is 6.54 Å². The van der Waals surface area contributed by atoms with Gasteiger partial charge in [0.15, 0.2) is 5.84 Å². The molecule has 0 aromatic rings. The maximum Gasteiger partial charge on any atom is 0.280 e. The SMILES string of the molecule is CC(C)(C)NS(=O)(=O)N1CCCCC1C(N)=NO. The largest absolute Gasteiger partial charge is 0.409 e. The van der Waals surface area contributed by atoms with Gasteiger partial charge in [-0.25, -0.2) is 0 Å². The number of hydrogen-bond acceptors (Lipinski definition) is 4. The van der Waals surface area contributed by atoms with Crippen molar-refractivity contribution < 1.29 is 13.6 Å². The van der Waals surface area contributed by atoms with Crippen molar-refractivity contribution in [2.24, 2.45) is 10.9 Å². The maximum absolute atomic E-state index is 12.3. The number of hydrogen-bond donors (Lipinski definition) is 3. The van der Waals surface area contributed by atoms with Gasteiger partial charge >= 0.3 is 0 Å². The van der Waals surface area contributed by atoms with E-state index in [0.717, 1.165) is 12.8 Å². The Morgan fingerprint density at radius 2 is 2.06 bits per heavy atom. The topological polar surface area (TPSA) is 108 Å². The molecule has 18 heavy (non-hydrogen) atoms. The molecule has 1 aliphatic heterocycles. The molecule has 1 heterocycles. The van der Waals surface area contributed by atoms with Crippen molar-refractivity contribution in [3.05, 3.63) is 0 Å². The summed E-state index contributed by atoms with van der Waals surface area (Å²) < 4.78 is 28.4. The fraction of sp³-hybridized carbons (Fsp3) is 0.900. The minimum atomic E-state index is -3.63. The number of nitrogens with zero attached hydrogens (tertiary/aromatic N) is 2. The number of oxime groups is 1. The fourth-order valence-corrected chi connectivity index (χ4v) is 3.81. The van der Waals surface area contributed by atoms with Crippen LogP contribution in [-0.2, 0) is 10.2 Å². The molecule has 1 unspecified atom stereocenters. The van der Waals surface area contributed by atoms with Gasteiger partial charge in [-0.15, -0.1) is 0 Å². The molecule has 0 aromatic heterocycles. The molecule has 0 spiro atoms. The van der Waals surface area contributed by atoms with Crippen LogP contribution in [-0.4, -0.2) is 41.9 Å². The second kappa shape index (κ2) is 5.41. The van der Waals surface area contributed by atoms with Gasteiger partial charge in [-0.2, -0.15) is 17.4 Å². The molecule has 1 saturated heterocycles. The van der Waals surface area contributed by atoms with E-state index in [4.69, 9.17) is 10.9 Å². The lowest BCUT2D eigenvalue weighted by molar-refractivity contribution is 0.275. The summed E-state index contributed by atoms with van der Waals surface area (Å²) in [5, 5.41) is 11.7. The Kier molecular flexibility index (Phi) is 4.57. The molecule has 0 amide bonds. The summed E-state index contributed by atoms with van der Waals surface area (Å²) in [6.45, 7) is 5.69. The fourth-order valence-electron chi connectivity index (χ4n) is 2.00. The van der Waals surface area contributed by atoms with Gasteiger partial charge in [0, 0.05) is 12.1 Å². The highest BCUT2D eigenvalue weighted by atomic mass is 32.2. The molecule has 1 rings (SSSR count). The molecule has 0 bridgehead atoms. The van der Waals surface area contributed by atoms with E-state index in [2.05, 4.69) is 9.88 Å². The Balaban J connectivity index is 2.97. The molecule has 1 atom stereocenters. The normalized spacial score (nSPS) is 24.2. The number of rotatable bonds is 3. The number of amidine groups is 1. The van der Waals surface area contributed by atoms with Crippen LogP contribution in [0.1, 0.15) is 40.0 Å². The summed E-state index contributed by atoms with van der Waals surface area (Å²) >= 11 is 0. The molecule has 8 heteroatoms. The summed E-state index contributed by atoms with van der Waals surface area (Å²) in [6.07, 6.45) is 2.21. The van der Waals surface area contributed by atoms with Crippen molar-refractivity contribution in [3.8, 4) is 0 Å². The van der Waals surface area contributed by atoms with Crippen molar-refractivity contribution in [3.63, 3.8) is 0 Å². The van der Waals surface area contributed by atoms with Gasteiger partial charge in [0.1, 0.15) is 0 Å². The first-order valence-corrected chi connectivity index (χ1v) is 7.39. The molecule has 0 saturated carbocycles. The summed E-state index contributed by atoms with van der Waals surface area (Å²) in [6, 6.07) is -0.566. The minimum Gasteiger partial charge on any atom is -0.409 e. The highest BCUT2D eigenvalue weighted by Crippen LogP contribution is 2.21. The van der Waals surface area contributed by atoms with Crippen molar-refractivity contribution >= 4 is 16.0 Å². The van der Waals surface area contributed by atoms with Gasteiger partial charge in [0.25, 0.3) is 10.2 Å². The van der Waals surface area contributed by atoms with Crippen LogP contribution in [0, 0.1) is 0 Å². The van der Waals surface area contributed by atoms with Crippen molar-refractivity contribution in [2.45, 2.75) is 51.6 Å². The smallest absolute Gasteiger partial charge is 0.280 e. The van der Waals surface area contributed by atoms with Gasteiger partial charge in [-0.1, -0.05) is 11.6 Å². The third-order valence-corrected chi connectivity index (χ3v) is 4.58. The lowest BCUT2D eigenvalue weighted by Crippen LogP contribution is -2.57. The molecule has 7 nitrogen and oxygen atoms in total. The number of piperidine rings is 1. The standard InChI is InChI=1S/C10H22N4O3S/c1-10(2,3)13-18(16,17)14-7-5-4-6-8(14)9(11)12-15/h8,13,15H,4-7H2,1-3H3,(H2,11,12). The van der Waals surface area contributed by atoms with Crippen LogP contribution in [0.15, 0.2) is 5.16 Å². The average Bonchev–Trinajstić information content (AvgIpc) is 2.25. The summed E-state index contributed by atoms with van der Waals surface area (Å²) in [5.41, 5.74) is 5.00. The molecule has 0 aromatic carbocycles. The van der Waals surface area contributed by atoms with Gasteiger partial charge in [0.2, 0.25) is 0 Å². The van der Waals surface area contributed by atoms with E-state index in [1.54, 1.807) is 20.8 Å². The molecular formula is C10H22N4O3S. The Hall–Kier alpha value is -0.860. The van der Waals surface area contributed by atoms with E-state index in [9.17, 15) is 8.42 Å². The summed E-state index contributed by atoms with van der Waals surface area (Å²) in [4.78, 5) is 0. The van der Waals surface area contributed by atoms with Gasteiger partial charge < -0.3 is 10.9 Å². The van der Waals surface area contributed by atoms with Crippen LogP contribution in [0.5, 0.6) is 0 Å². The maximum atomic E-state index is 12.3. The third kappa shape index (κ3) is 3.82. The average molecular weight is 278 g/mol. The first-order valence-electron chi connectivity index (χ1n) is 5.95. The van der Waals surface area contributed by atoms with E-state index in [1.165, 1.54) is 4.31 Å². The van der Waals surface area contributed by atoms with Crippen LogP contribution in [0.2, 0.25) is 0 Å². The number of nitrogens with two attached hydrogens (primary N) is 1. The molecule has 1 aliphatic rings. The highest BCUT2D eigenvalue weighted by molar-refractivity contribution is 7.87. The predicted octanol–water partition coefficient (Wildman–Crippen LogP) is 0.220. The Labute approximate surface area is 108 Å². The van der Waals surface area contributed by atoms with E-state index in [1.807, 2.05) is 0 Å². The molecule has 106 valence electrons. The molecule has 0 aliphatic carbocycles. The summed E-state index contributed by atoms with van der Waals surface area (Å²) in [7, 11) is -3.63. The van der Waals surface area contributed by atoms with Gasteiger partial charge in [-0.05, 0) is 33.6 Å². The molecule has 1 fully saturated rings. The zero-order valence-corrected chi connectivity index (χ0v) is 11.9. The molecule has 4 N–H and O–H groups in total. The Morgan fingerprint density at radius 3 is 2.56 bits per heavy atom. The lowest BCUT2D eigenvalue weighted by atomic mass is 10.0. The second-order valence-electron chi connectivity index (χ2n) is 5.50. The van der Waals surface area contributed by atoms with Crippen molar-refractivity contribution in [1.82, 2.24) is 9.03 Å². The van der Waals surface area contributed by atoms with E-state index >= 15 is 0 Å². The first kappa shape index (κ1) is 15.2. The van der Waals surface area contributed by atoms with Crippen molar-refractivity contribution in [1.29, 1.82) is 0 Å². The second-order valence-corrected chi connectivity index (χ2v) is 7.13. The minimum absolute atomic E-state index is 0.0611. The predicted molar refractivity (Wildman–Crippen MR) is 69.6 cm³/mol. The first-order chi connectivity index (χ1) is 8.17.